The molecule has 0 atom stereocenters. The van der Waals surface area contributed by atoms with Gasteiger partial charge in [0.15, 0.2) is 0 Å². The van der Waals surface area contributed by atoms with E-state index in [9.17, 15) is 0 Å². The van der Waals surface area contributed by atoms with Crippen LogP contribution in [0.25, 0.3) is 0 Å². The third-order valence-electron chi connectivity index (χ3n) is 1.53. The van der Waals surface area contributed by atoms with Gasteiger partial charge in [-0.3, -0.25) is 0 Å². The molecule has 0 aliphatic carbocycles. The van der Waals surface area contributed by atoms with Crippen molar-refractivity contribution in [1.29, 1.82) is 0 Å². The quantitative estimate of drug-likeness (QED) is 0.459. The minimum absolute atomic E-state index is 0.0123. The molecule has 0 radical (unpaired) electrons. The molecule has 1 rings (SSSR count). The normalized spacial score (nSPS) is 22.9. The minimum atomic E-state index is 0.0123. The third-order valence-corrected chi connectivity index (χ3v) is 4.10. The first-order valence-electron chi connectivity index (χ1n) is 2.90. The van der Waals surface area contributed by atoms with E-state index in [2.05, 4.69) is 12.4 Å². The first-order chi connectivity index (χ1) is 3.43. The van der Waals surface area contributed by atoms with Crippen LogP contribution in [0.15, 0.2) is 12.4 Å². The van der Waals surface area contributed by atoms with Crippen LogP contribution in [0, 0.1) is 0 Å². The summed E-state index contributed by atoms with van der Waals surface area (Å²) in [7, 11) is 0.0123. The second-order valence-electron chi connectivity index (χ2n) is 2.07. The molecule has 0 N–H and O–H groups in total. The van der Waals surface area contributed by atoms with Gasteiger partial charge in [-0.05, 0) is 12.8 Å². The van der Waals surface area contributed by atoms with Gasteiger partial charge in [0.05, 0.1) is 12.3 Å². The molecule has 0 spiro atoms. The molecule has 0 bridgehead atoms. The zero-order valence-corrected chi connectivity index (χ0v) is 5.61. The van der Waals surface area contributed by atoms with E-state index in [4.69, 9.17) is 0 Å². The summed E-state index contributed by atoms with van der Waals surface area (Å²) in [6.07, 6.45) is 5.93. The molecule has 1 aliphatic heterocycles. The van der Waals surface area contributed by atoms with Crippen molar-refractivity contribution in [1.82, 2.24) is 0 Å². The summed E-state index contributed by atoms with van der Waals surface area (Å²) in [6, 6.07) is 0. The summed E-state index contributed by atoms with van der Waals surface area (Å²) in [4.78, 5) is 0. The maximum absolute atomic E-state index is 3.79. The summed E-state index contributed by atoms with van der Waals surface area (Å²) < 4.78 is 0. The Bertz CT molecular complexity index is 62.6. The van der Waals surface area contributed by atoms with E-state index in [0.29, 0.717) is 0 Å². The van der Waals surface area contributed by atoms with Crippen LogP contribution in [0.1, 0.15) is 12.8 Å². The molecule has 0 amide bonds. The van der Waals surface area contributed by atoms with Crippen molar-refractivity contribution in [2.75, 3.05) is 12.3 Å². The molecule has 0 aromatic heterocycles. The highest BCUT2D eigenvalue weighted by Crippen LogP contribution is 2.43. The fourth-order valence-electron chi connectivity index (χ4n) is 1.03. The van der Waals surface area contributed by atoms with Crippen molar-refractivity contribution in [2.45, 2.75) is 12.8 Å². The van der Waals surface area contributed by atoms with Crippen LogP contribution in [0.3, 0.4) is 0 Å². The summed E-state index contributed by atoms with van der Waals surface area (Å²) in [5.74, 6) is 2.19. The van der Waals surface area contributed by atoms with Gasteiger partial charge >= 0.3 is 0 Å². The smallest absolute Gasteiger partial charge is 0.0614 e. The van der Waals surface area contributed by atoms with Crippen LogP contribution in [0.2, 0.25) is 0 Å². The largest absolute Gasteiger partial charge is 0.0642 e. The molecule has 0 nitrogen and oxygen atoms in total. The first kappa shape index (κ1) is 5.31. The molecule has 1 heteroatoms. The maximum atomic E-state index is 3.79. The van der Waals surface area contributed by atoms with Crippen molar-refractivity contribution in [3.63, 3.8) is 0 Å². The average Bonchev–Trinajstić information content (AvgIpc) is 2.14. The monoisotopic (exact) mass is 115 g/mol. The standard InChI is InChI=1S/C6H11P/c1-2-7-5-3-4-6-7/h2H,1,3-6H2/p+1. The molecule has 1 saturated heterocycles. The Hall–Kier alpha value is 0.170. The van der Waals surface area contributed by atoms with E-state index in [-0.39, 0.29) is 7.92 Å². The van der Waals surface area contributed by atoms with Gasteiger partial charge in [0.25, 0.3) is 0 Å². The van der Waals surface area contributed by atoms with Crippen molar-refractivity contribution in [3.8, 4) is 0 Å². The summed E-state index contributed by atoms with van der Waals surface area (Å²) in [5.41, 5.74) is 0. The lowest BCUT2D eigenvalue weighted by atomic mass is 10.4. The molecule has 1 aliphatic rings. The van der Waals surface area contributed by atoms with Gasteiger partial charge in [-0.25, -0.2) is 0 Å². The van der Waals surface area contributed by atoms with Gasteiger partial charge in [-0.15, -0.1) is 0 Å². The molecule has 0 aromatic carbocycles. The van der Waals surface area contributed by atoms with Crippen LogP contribution in [-0.4, -0.2) is 12.3 Å². The van der Waals surface area contributed by atoms with E-state index in [1.165, 1.54) is 25.2 Å². The van der Waals surface area contributed by atoms with Gasteiger partial charge in [0, 0.05) is 13.7 Å². The Labute approximate surface area is 46.4 Å². The van der Waals surface area contributed by atoms with E-state index in [1.54, 1.807) is 0 Å². The molecule has 7 heavy (non-hydrogen) atoms. The predicted octanol–water partition coefficient (Wildman–Crippen LogP) is 2.14. The van der Waals surface area contributed by atoms with Gasteiger partial charge in [0.1, 0.15) is 0 Å². The predicted molar refractivity (Wildman–Crippen MR) is 37.5 cm³/mol. The summed E-state index contributed by atoms with van der Waals surface area (Å²) in [6.45, 7) is 3.79. The Morgan fingerprint density at radius 2 is 1.86 bits per heavy atom. The number of hydrogen-bond acceptors (Lipinski definition) is 0. The zero-order valence-electron chi connectivity index (χ0n) is 4.61. The zero-order chi connectivity index (χ0) is 5.11. The second kappa shape index (κ2) is 2.47. The maximum Gasteiger partial charge on any atom is 0.0614 e. The van der Waals surface area contributed by atoms with Gasteiger partial charge < -0.3 is 0 Å². The molecule has 0 unspecified atom stereocenters. The minimum Gasteiger partial charge on any atom is -0.0642 e. The SMILES string of the molecule is C=C[PH+]1CCCC1. The van der Waals surface area contributed by atoms with Crippen molar-refractivity contribution >= 4 is 7.92 Å². The first-order valence-corrected chi connectivity index (χ1v) is 4.90. The highest BCUT2D eigenvalue weighted by atomic mass is 31.1. The van der Waals surface area contributed by atoms with Crippen LogP contribution < -0.4 is 0 Å². The van der Waals surface area contributed by atoms with E-state index >= 15 is 0 Å². The van der Waals surface area contributed by atoms with E-state index < -0.39 is 0 Å². The summed E-state index contributed by atoms with van der Waals surface area (Å²) >= 11 is 0. The van der Waals surface area contributed by atoms with Crippen LogP contribution in [0.5, 0.6) is 0 Å². The lowest BCUT2D eigenvalue weighted by molar-refractivity contribution is 0.949. The Morgan fingerprint density at radius 1 is 1.29 bits per heavy atom. The van der Waals surface area contributed by atoms with Crippen LogP contribution >= 0.6 is 7.92 Å². The van der Waals surface area contributed by atoms with E-state index in [1.807, 2.05) is 0 Å². The van der Waals surface area contributed by atoms with E-state index in [0.717, 1.165) is 0 Å². The molecule has 1 heterocycles. The van der Waals surface area contributed by atoms with Crippen LogP contribution in [-0.2, 0) is 0 Å². The van der Waals surface area contributed by atoms with Gasteiger partial charge in [0.2, 0.25) is 0 Å². The molecule has 0 aromatic rings. The number of rotatable bonds is 1. The fourth-order valence-corrected chi connectivity index (χ4v) is 3.10. The van der Waals surface area contributed by atoms with Gasteiger partial charge in [-0.2, -0.15) is 0 Å². The second-order valence-corrected chi connectivity index (χ2v) is 4.79. The Kier molecular flexibility index (Phi) is 1.87. The average molecular weight is 115 g/mol. The lowest BCUT2D eigenvalue weighted by Crippen LogP contribution is -1.64. The highest BCUT2D eigenvalue weighted by molar-refractivity contribution is 7.61. The van der Waals surface area contributed by atoms with Crippen LogP contribution in [0.4, 0.5) is 0 Å². The molecule has 0 saturated carbocycles. The number of hydrogen-bond donors (Lipinski definition) is 0. The lowest BCUT2D eigenvalue weighted by Gasteiger charge is -1.86. The molecular formula is C6H12P+. The van der Waals surface area contributed by atoms with Crippen molar-refractivity contribution in [3.05, 3.63) is 12.4 Å². The Morgan fingerprint density at radius 3 is 2.14 bits per heavy atom. The molecule has 1 fully saturated rings. The summed E-state index contributed by atoms with van der Waals surface area (Å²) in [5, 5.41) is 0. The molecule has 40 valence electrons. The highest BCUT2D eigenvalue weighted by Gasteiger charge is 2.16. The third kappa shape index (κ3) is 1.28. The van der Waals surface area contributed by atoms with Gasteiger partial charge in [-0.1, -0.05) is 6.58 Å². The van der Waals surface area contributed by atoms with Crippen molar-refractivity contribution < 1.29 is 0 Å². The molecular weight excluding hydrogens is 103 g/mol. The fraction of sp³-hybridized carbons (Fsp3) is 0.667. The Balaban J connectivity index is 2.26. The van der Waals surface area contributed by atoms with Crippen molar-refractivity contribution in [2.24, 2.45) is 0 Å². The topological polar surface area (TPSA) is 0 Å².